The molecule has 0 spiro atoms. The highest BCUT2D eigenvalue weighted by atomic mass is 35.5. The first-order valence-electron chi connectivity index (χ1n) is 9.20. The van der Waals surface area contributed by atoms with Crippen LogP contribution in [-0.2, 0) is 4.74 Å². The van der Waals surface area contributed by atoms with E-state index in [9.17, 15) is 4.79 Å². The summed E-state index contributed by atoms with van der Waals surface area (Å²) in [7, 11) is 0. The van der Waals surface area contributed by atoms with E-state index in [1.54, 1.807) is 30.3 Å². The third-order valence-corrected chi connectivity index (χ3v) is 5.23. The van der Waals surface area contributed by atoms with Gasteiger partial charge in [0.15, 0.2) is 5.82 Å². The van der Waals surface area contributed by atoms with Crippen molar-refractivity contribution in [3.05, 3.63) is 68.1 Å². The van der Waals surface area contributed by atoms with E-state index in [0.29, 0.717) is 46.2 Å². The number of aromatic amines is 1. The summed E-state index contributed by atoms with van der Waals surface area (Å²) in [6, 6.07) is 12.4. The van der Waals surface area contributed by atoms with E-state index in [-0.39, 0.29) is 11.7 Å². The third-order valence-electron chi connectivity index (χ3n) is 4.16. The average molecular weight is 473 g/mol. The summed E-state index contributed by atoms with van der Waals surface area (Å²) < 4.78 is 15.9. The van der Waals surface area contributed by atoms with E-state index < -0.39 is 5.76 Å². The number of nitrogens with one attached hydrogen (secondary N) is 2. The number of hydrogen-bond acceptors (Lipinski definition) is 6. The number of nitrogens with zero attached hydrogens (tertiary/aromatic N) is 1. The molecular weight excluding hydrogens is 453 g/mol. The highest BCUT2D eigenvalue weighted by Crippen LogP contribution is 2.34. The van der Waals surface area contributed by atoms with E-state index >= 15 is 0 Å². The van der Waals surface area contributed by atoms with Crippen LogP contribution in [0.4, 0.5) is 0 Å². The van der Waals surface area contributed by atoms with Crippen LogP contribution in [0.3, 0.4) is 0 Å². The molecule has 1 unspecified atom stereocenters. The summed E-state index contributed by atoms with van der Waals surface area (Å²) >= 11 is 17.4. The molecule has 0 amide bonds. The predicted octanol–water partition coefficient (Wildman–Crippen LogP) is 4.29. The van der Waals surface area contributed by atoms with E-state index in [4.69, 9.17) is 44.3 Å². The van der Waals surface area contributed by atoms with Crippen molar-refractivity contribution >= 4 is 34.8 Å². The second-order valence-electron chi connectivity index (χ2n) is 6.43. The van der Waals surface area contributed by atoms with Gasteiger partial charge in [0.25, 0.3) is 0 Å². The highest BCUT2D eigenvalue weighted by molar-refractivity contribution is 6.41. The van der Waals surface area contributed by atoms with Gasteiger partial charge in [-0.1, -0.05) is 58.2 Å². The summed E-state index contributed by atoms with van der Waals surface area (Å²) in [6.07, 6.45) is 0. The van der Waals surface area contributed by atoms with Gasteiger partial charge in [-0.25, -0.2) is 4.79 Å². The maximum atomic E-state index is 11.1. The molecule has 160 valence electrons. The third kappa shape index (κ3) is 6.48. The Bertz CT molecular complexity index is 980. The van der Waals surface area contributed by atoms with Crippen molar-refractivity contribution in [1.29, 1.82) is 0 Å². The molecule has 0 radical (unpaired) electrons. The number of rotatable bonds is 4. The summed E-state index contributed by atoms with van der Waals surface area (Å²) in [4.78, 5) is 13.6. The second-order valence-corrected chi connectivity index (χ2v) is 7.65. The van der Waals surface area contributed by atoms with Crippen LogP contribution in [0.25, 0.3) is 11.4 Å². The van der Waals surface area contributed by atoms with E-state index in [1.807, 2.05) is 12.1 Å². The van der Waals surface area contributed by atoms with Crippen LogP contribution in [0, 0.1) is 5.92 Å². The van der Waals surface area contributed by atoms with Gasteiger partial charge in [0.05, 0.1) is 40.5 Å². The minimum atomic E-state index is -0.637. The number of hydrogen-bond donors (Lipinski definition) is 2. The molecule has 3 aromatic rings. The minimum Gasteiger partial charge on any atom is -0.492 e. The van der Waals surface area contributed by atoms with Gasteiger partial charge in [0.1, 0.15) is 5.75 Å². The fourth-order valence-electron chi connectivity index (χ4n) is 2.71. The first-order valence-corrected chi connectivity index (χ1v) is 10.3. The van der Waals surface area contributed by atoms with Gasteiger partial charge in [0, 0.05) is 19.0 Å². The summed E-state index contributed by atoms with van der Waals surface area (Å²) in [5, 5.41) is 8.60. The zero-order valence-electron chi connectivity index (χ0n) is 15.9. The molecule has 0 bridgehead atoms. The average Bonchev–Trinajstić information content (AvgIpc) is 2.99. The topological polar surface area (TPSA) is 89.4 Å². The Morgan fingerprint density at radius 1 is 1.07 bits per heavy atom. The van der Waals surface area contributed by atoms with Crippen LogP contribution in [0.1, 0.15) is 0 Å². The lowest BCUT2D eigenvalue weighted by molar-refractivity contribution is 0.102. The smallest absolute Gasteiger partial charge is 0.439 e. The molecule has 4 rings (SSSR count). The number of halogens is 3. The Labute approximate surface area is 188 Å². The fourth-order valence-corrected chi connectivity index (χ4v) is 3.23. The van der Waals surface area contributed by atoms with Crippen LogP contribution in [0.15, 0.2) is 51.8 Å². The van der Waals surface area contributed by atoms with E-state index in [0.717, 1.165) is 13.1 Å². The minimum absolute atomic E-state index is 0.241. The number of ether oxygens (including phenoxy) is 2. The molecule has 1 fully saturated rings. The molecule has 30 heavy (non-hydrogen) atoms. The van der Waals surface area contributed by atoms with Gasteiger partial charge in [-0.3, -0.25) is 9.51 Å². The standard InChI is InChI=1S/C14H16ClN3O4.C6H4Cl2/c15-10-2-1-3-11(12(10)13-17-14(19)22-18-13)21-8-9-6-16-4-5-20-7-9;7-5-3-1-2-4-6(5)8/h1-3,9,16H,4-8H2,(H,17,18,19);1-4H. The first-order chi connectivity index (χ1) is 14.5. The lowest BCUT2D eigenvalue weighted by atomic mass is 10.1. The molecule has 2 aromatic carbocycles. The molecule has 1 aliphatic heterocycles. The monoisotopic (exact) mass is 471 g/mol. The van der Waals surface area contributed by atoms with Gasteiger partial charge in [-0.05, 0) is 24.3 Å². The highest BCUT2D eigenvalue weighted by Gasteiger charge is 2.18. The molecule has 10 heteroatoms. The molecule has 2 N–H and O–H groups in total. The zero-order chi connectivity index (χ0) is 21.3. The molecule has 1 atom stereocenters. The second kappa shape index (κ2) is 11.4. The molecule has 0 saturated carbocycles. The normalized spacial score (nSPS) is 16.3. The van der Waals surface area contributed by atoms with Crippen molar-refractivity contribution in [2.45, 2.75) is 0 Å². The fraction of sp³-hybridized carbons (Fsp3) is 0.300. The number of H-pyrrole nitrogens is 1. The lowest BCUT2D eigenvalue weighted by Crippen LogP contribution is -2.27. The molecule has 7 nitrogen and oxygen atoms in total. The van der Waals surface area contributed by atoms with Crippen molar-refractivity contribution < 1.29 is 14.0 Å². The van der Waals surface area contributed by atoms with E-state index in [2.05, 4.69) is 20.0 Å². The Morgan fingerprint density at radius 2 is 1.80 bits per heavy atom. The molecular formula is C20H20Cl3N3O4. The first kappa shape index (κ1) is 22.7. The Kier molecular flexibility index (Phi) is 8.60. The lowest BCUT2D eigenvalue weighted by Gasteiger charge is -2.16. The molecule has 1 aliphatic rings. The largest absolute Gasteiger partial charge is 0.492 e. The van der Waals surface area contributed by atoms with Gasteiger partial charge >= 0.3 is 5.76 Å². The van der Waals surface area contributed by atoms with Gasteiger partial charge in [0.2, 0.25) is 0 Å². The Morgan fingerprint density at radius 3 is 2.47 bits per heavy atom. The summed E-state index contributed by atoms with van der Waals surface area (Å²) in [5.74, 6) is 0.398. The Balaban J connectivity index is 0.000000269. The van der Waals surface area contributed by atoms with Crippen molar-refractivity contribution in [3.8, 4) is 17.1 Å². The van der Waals surface area contributed by atoms with Crippen LogP contribution < -0.4 is 15.8 Å². The maximum absolute atomic E-state index is 11.1. The van der Waals surface area contributed by atoms with Crippen LogP contribution in [0.2, 0.25) is 15.1 Å². The maximum Gasteiger partial charge on any atom is 0.439 e. The van der Waals surface area contributed by atoms with Crippen molar-refractivity contribution in [1.82, 2.24) is 15.5 Å². The van der Waals surface area contributed by atoms with Crippen molar-refractivity contribution in [3.63, 3.8) is 0 Å². The Hall–Kier alpha value is -2.03. The number of aromatic nitrogens is 2. The SMILES string of the molecule is Clc1ccccc1Cl.O=c1[nH]c(-c2c(Cl)cccc2OCC2CNCCOC2)no1. The molecule has 0 aliphatic carbocycles. The van der Waals surface area contributed by atoms with E-state index in [1.165, 1.54) is 0 Å². The quantitative estimate of drug-likeness (QED) is 0.589. The van der Waals surface area contributed by atoms with Crippen molar-refractivity contribution in [2.24, 2.45) is 5.92 Å². The van der Waals surface area contributed by atoms with Gasteiger partial charge < -0.3 is 14.8 Å². The summed E-state index contributed by atoms with van der Waals surface area (Å²) in [6.45, 7) is 3.50. The summed E-state index contributed by atoms with van der Waals surface area (Å²) in [5.41, 5.74) is 0.512. The molecule has 1 aromatic heterocycles. The molecule has 2 heterocycles. The van der Waals surface area contributed by atoms with Crippen LogP contribution >= 0.6 is 34.8 Å². The number of benzene rings is 2. The van der Waals surface area contributed by atoms with Crippen LogP contribution in [0.5, 0.6) is 5.75 Å². The predicted molar refractivity (Wildman–Crippen MR) is 117 cm³/mol. The van der Waals surface area contributed by atoms with Gasteiger partial charge in [-0.2, -0.15) is 0 Å². The van der Waals surface area contributed by atoms with Gasteiger partial charge in [-0.15, -0.1) is 0 Å². The zero-order valence-corrected chi connectivity index (χ0v) is 18.1. The molecule has 1 saturated heterocycles. The van der Waals surface area contributed by atoms with Crippen molar-refractivity contribution in [2.75, 3.05) is 32.9 Å². The van der Waals surface area contributed by atoms with Crippen LogP contribution in [-0.4, -0.2) is 43.1 Å².